The van der Waals surface area contributed by atoms with Crippen molar-refractivity contribution in [3.8, 4) is 0 Å². The molecule has 1 fully saturated rings. The van der Waals surface area contributed by atoms with Gasteiger partial charge >= 0.3 is 0 Å². The number of nitrogens with zero attached hydrogens (tertiary/aromatic N) is 1. The highest BCUT2D eigenvalue weighted by molar-refractivity contribution is 5.75. The fourth-order valence-electron chi connectivity index (χ4n) is 2.45. The zero-order valence-corrected chi connectivity index (χ0v) is 10.4. The number of rotatable bonds is 3. The van der Waals surface area contributed by atoms with E-state index in [9.17, 15) is 9.18 Å². The Hall–Kier alpha value is -1.16. The van der Waals surface area contributed by atoms with E-state index in [0.29, 0.717) is 18.5 Å². The molecule has 2 heterocycles. The minimum Gasteiger partial charge on any atom is -0.356 e. The summed E-state index contributed by atoms with van der Waals surface area (Å²) in [6, 6.07) is 0. The molecule has 4 heteroatoms. The van der Waals surface area contributed by atoms with E-state index in [1.807, 2.05) is 13.8 Å². The molecule has 2 rings (SSSR count). The summed E-state index contributed by atoms with van der Waals surface area (Å²) in [6.07, 6.45) is 1.48. The van der Waals surface area contributed by atoms with Gasteiger partial charge in [-0.1, -0.05) is 0 Å². The first-order valence-electron chi connectivity index (χ1n) is 6.11. The molecule has 1 aromatic heterocycles. The van der Waals surface area contributed by atoms with E-state index in [0.717, 1.165) is 37.2 Å². The normalized spacial score (nSPS) is 18.5. The van der Waals surface area contributed by atoms with Gasteiger partial charge < -0.3 is 4.98 Å². The topological polar surface area (TPSA) is 36.1 Å². The third-order valence-corrected chi connectivity index (χ3v) is 3.65. The summed E-state index contributed by atoms with van der Waals surface area (Å²) < 4.78 is 13.0. The van der Waals surface area contributed by atoms with E-state index in [-0.39, 0.29) is 0 Å². The van der Waals surface area contributed by atoms with E-state index in [4.69, 9.17) is 0 Å². The number of hydrogen-bond donors (Lipinski definition) is 1. The second kappa shape index (κ2) is 5.00. The van der Waals surface area contributed by atoms with E-state index < -0.39 is 6.17 Å². The van der Waals surface area contributed by atoms with Gasteiger partial charge in [-0.25, -0.2) is 4.39 Å². The number of halogens is 1. The van der Waals surface area contributed by atoms with Crippen molar-refractivity contribution in [2.24, 2.45) is 0 Å². The summed E-state index contributed by atoms with van der Waals surface area (Å²) in [5, 5.41) is 0. The van der Waals surface area contributed by atoms with Crippen LogP contribution in [0, 0.1) is 13.8 Å². The molecule has 94 valence electrons. The molecule has 1 N–H and O–H groups in total. The van der Waals surface area contributed by atoms with Gasteiger partial charge in [0.05, 0.1) is 5.69 Å². The van der Waals surface area contributed by atoms with Gasteiger partial charge in [-0.3, -0.25) is 9.69 Å². The summed E-state index contributed by atoms with van der Waals surface area (Å²) >= 11 is 0. The summed E-state index contributed by atoms with van der Waals surface area (Å²) in [6.45, 7) is 6.37. The molecule has 0 amide bonds. The number of aromatic amines is 1. The van der Waals surface area contributed by atoms with Crippen molar-refractivity contribution >= 4 is 6.29 Å². The minimum absolute atomic E-state index is 0.628. The molecule has 17 heavy (non-hydrogen) atoms. The maximum Gasteiger partial charge on any atom is 0.166 e. The zero-order chi connectivity index (χ0) is 12.4. The lowest BCUT2D eigenvalue weighted by molar-refractivity contribution is 0.111. The molecule has 3 nitrogen and oxygen atoms in total. The second-order valence-corrected chi connectivity index (χ2v) is 4.84. The number of carbonyl (C=O) groups excluding carboxylic acids is 1. The quantitative estimate of drug-likeness (QED) is 0.821. The van der Waals surface area contributed by atoms with Gasteiger partial charge in [0.2, 0.25) is 0 Å². The summed E-state index contributed by atoms with van der Waals surface area (Å²) in [5.41, 5.74) is 3.93. The molecule has 1 aliphatic rings. The van der Waals surface area contributed by atoms with Crippen LogP contribution in [-0.2, 0) is 6.54 Å². The number of hydrogen-bond acceptors (Lipinski definition) is 2. The lowest BCUT2D eigenvalue weighted by Gasteiger charge is -2.28. The lowest BCUT2D eigenvalue weighted by Crippen LogP contribution is -2.34. The van der Waals surface area contributed by atoms with E-state index in [2.05, 4.69) is 9.88 Å². The standard InChI is InChI=1S/C13H19FN2O/c1-9-12(10(2)15-13(9)8-17)7-16-5-3-11(14)4-6-16/h8,11,15H,3-7H2,1-2H3. The molecule has 1 aromatic rings. The molecule has 0 saturated carbocycles. The van der Waals surface area contributed by atoms with Crippen LogP contribution < -0.4 is 0 Å². The van der Waals surface area contributed by atoms with Crippen molar-refractivity contribution in [2.75, 3.05) is 13.1 Å². The highest BCUT2D eigenvalue weighted by Crippen LogP contribution is 2.21. The van der Waals surface area contributed by atoms with E-state index in [1.165, 1.54) is 5.56 Å². The molecule has 0 unspecified atom stereocenters. The zero-order valence-electron chi connectivity index (χ0n) is 10.4. The smallest absolute Gasteiger partial charge is 0.166 e. The van der Waals surface area contributed by atoms with Gasteiger partial charge in [0.25, 0.3) is 0 Å². The number of H-pyrrole nitrogens is 1. The van der Waals surface area contributed by atoms with Crippen LogP contribution in [0.5, 0.6) is 0 Å². The molecule has 1 aliphatic heterocycles. The SMILES string of the molecule is Cc1[nH]c(C=O)c(C)c1CN1CCC(F)CC1. The Kier molecular flexibility index (Phi) is 3.62. The highest BCUT2D eigenvalue weighted by atomic mass is 19.1. The molecule has 0 radical (unpaired) electrons. The number of aromatic nitrogens is 1. The van der Waals surface area contributed by atoms with Crippen LogP contribution in [0.15, 0.2) is 0 Å². The van der Waals surface area contributed by atoms with Crippen molar-refractivity contribution in [1.82, 2.24) is 9.88 Å². The largest absolute Gasteiger partial charge is 0.356 e. The van der Waals surface area contributed by atoms with Crippen LogP contribution in [0.3, 0.4) is 0 Å². The monoisotopic (exact) mass is 238 g/mol. The van der Waals surface area contributed by atoms with Crippen molar-refractivity contribution < 1.29 is 9.18 Å². The average Bonchev–Trinajstić information content (AvgIpc) is 2.59. The molecule has 0 bridgehead atoms. The van der Waals surface area contributed by atoms with Crippen LogP contribution >= 0.6 is 0 Å². The minimum atomic E-state index is -0.634. The van der Waals surface area contributed by atoms with Crippen molar-refractivity contribution in [1.29, 1.82) is 0 Å². The number of aryl methyl sites for hydroxylation is 1. The van der Waals surface area contributed by atoms with Crippen molar-refractivity contribution in [3.05, 3.63) is 22.5 Å². The molecule has 0 spiro atoms. The van der Waals surface area contributed by atoms with Crippen molar-refractivity contribution in [3.63, 3.8) is 0 Å². The first-order chi connectivity index (χ1) is 8.11. The Bertz CT molecular complexity index is 406. The summed E-state index contributed by atoms with van der Waals surface area (Å²) in [7, 11) is 0. The number of likely N-dealkylation sites (tertiary alicyclic amines) is 1. The van der Waals surface area contributed by atoms with Gasteiger partial charge in [-0.15, -0.1) is 0 Å². The maximum atomic E-state index is 13.0. The highest BCUT2D eigenvalue weighted by Gasteiger charge is 2.20. The van der Waals surface area contributed by atoms with Gasteiger partial charge in [-0.05, 0) is 37.8 Å². The maximum absolute atomic E-state index is 13.0. The third-order valence-electron chi connectivity index (χ3n) is 3.65. The van der Waals surface area contributed by atoms with Crippen LogP contribution in [-0.4, -0.2) is 35.4 Å². The summed E-state index contributed by atoms with van der Waals surface area (Å²) in [4.78, 5) is 16.2. The van der Waals surface area contributed by atoms with Crippen LogP contribution in [0.25, 0.3) is 0 Å². The average molecular weight is 238 g/mol. The van der Waals surface area contributed by atoms with E-state index >= 15 is 0 Å². The Morgan fingerprint density at radius 2 is 2.06 bits per heavy atom. The van der Waals surface area contributed by atoms with Crippen LogP contribution in [0.1, 0.15) is 40.2 Å². The van der Waals surface area contributed by atoms with Gasteiger partial charge in [0, 0.05) is 25.3 Å². The molecule has 0 aliphatic carbocycles. The molecule has 0 aromatic carbocycles. The van der Waals surface area contributed by atoms with Crippen molar-refractivity contribution in [2.45, 2.75) is 39.4 Å². The molecule has 0 atom stereocenters. The Balaban J connectivity index is 2.08. The molecule has 1 saturated heterocycles. The fourth-order valence-corrected chi connectivity index (χ4v) is 2.45. The predicted molar refractivity (Wildman–Crippen MR) is 65.1 cm³/mol. The predicted octanol–water partition coefficient (Wildman–Crippen LogP) is 2.38. The summed E-state index contributed by atoms with van der Waals surface area (Å²) in [5.74, 6) is 0. The Labute approximate surface area is 101 Å². The molecular weight excluding hydrogens is 219 g/mol. The van der Waals surface area contributed by atoms with Crippen LogP contribution in [0.4, 0.5) is 4.39 Å². The Morgan fingerprint density at radius 3 is 2.59 bits per heavy atom. The number of alkyl halides is 1. The number of piperidine rings is 1. The number of carbonyl (C=O) groups is 1. The third kappa shape index (κ3) is 2.57. The molecular formula is C13H19FN2O. The first kappa shape index (κ1) is 12.3. The number of aldehydes is 1. The fraction of sp³-hybridized carbons (Fsp3) is 0.615. The first-order valence-corrected chi connectivity index (χ1v) is 6.11. The van der Waals surface area contributed by atoms with Gasteiger partial charge in [0.1, 0.15) is 6.17 Å². The second-order valence-electron chi connectivity index (χ2n) is 4.84. The lowest BCUT2D eigenvalue weighted by atomic mass is 10.1. The van der Waals surface area contributed by atoms with E-state index in [1.54, 1.807) is 0 Å². The Morgan fingerprint density at radius 1 is 1.41 bits per heavy atom. The van der Waals surface area contributed by atoms with Crippen LogP contribution in [0.2, 0.25) is 0 Å². The van der Waals surface area contributed by atoms with Gasteiger partial charge in [-0.2, -0.15) is 0 Å². The number of nitrogens with one attached hydrogen (secondary N) is 1. The van der Waals surface area contributed by atoms with Gasteiger partial charge in [0.15, 0.2) is 6.29 Å².